The Bertz CT molecular complexity index is 148. The van der Waals surface area contributed by atoms with Crippen molar-refractivity contribution in [2.24, 2.45) is 0 Å². The van der Waals surface area contributed by atoms with Crippen LogP contribution in [0.5, 0.6) is 0 Å². The van der Waals surface area contributed by atoms with Crippen LogP contribution in [-0.4, -0.2) is 10.2 Å². The van der Waals surface area contributed by atoms with E-state index in [-0.39, 0.29) is 0 Å². The fourth-order valence-corrected chi connectivity index (χ4v) is 2.98. The average molecular weight is 384 g/mol. The van der Waals surface area contributed by atoms with Gasteiger partial charge in [-0.25, -0.2) is 0 Å². The lowest BCUT2D eigenvalue weighted by Gasteiger charge is -2.06. The van der Waals surface area contributed by atoms with Crippen molar-refractivity contribution >= 4 is 31.9 Å². The summed E-state index contributed by atoms with van der Waals surface area (Å²) in [7, 11) is 0. The molecular weight excluding hydrogens is 352 g/mol. The third kappa shape index (κ3) is 15.0. The molecule has 2 heteroatoms. The largest absolute Gasteiger partial charge is 0.0928 e. The second kappa shape index (κ2) is 16.0. The molecule has 0 aromatic heterocycles. The van der Waals surface area contributed by atoms with Crippen LogP contribution in [0.1, 0.15) is 90.4 Å². The lowest BCUT2D eigenvalue weighted by atomic mass is 10.0. The predicted octanol–water partition coefficient (Wildman–Crippen LogP) is 7.24. The zero-order valence-corrected chi connectivity index (χ0v) is 15.4. The number of hydrogen-bond donors (Lipinski definition) is 0. The first-order valence-electron chi connectivity index (χ1n) is 8.01. The van der Waals surface area contributed by atoms with E-state index >= 15 is 0 Å². The summed E-state index contributed by atoms with van der Waals surface area (Å²) in [5.74, 6) is 0. The van der Waals surface area contributed by atoms with Crippen molar-refractivity contribution in [3.05, 3.63) is 0 Å². The highest BCUT2D eigenvalue weighted by molar-refractivity contribution is 9.09. The first kappa shape index (κ1) is 19.0. The van der Waals surface area contributed by atoms with E-state index in [1.807, 2.05) is 0 Å². The number of alkyl halides is 2. The van der Waals surface area contributed by atoms with Crippen LogP contribution in [0, 0.1) is 0 Å². The zero-order chi connectivity index (χ0) is 13.5. The molecule has 0 rings (SSSR count). The number of rotatable bonds is 14. The topological polar surface area (TPSA) is 0 Å². The average Bonchev–Trinajstić information content (AvgIpc) is 2.39. The molecule has 1 unspecified atom stereocenters. The van der Waals surface area contributed by atoms with Crippen LogP contribution in [-0.2, 0) is 0 Å². The van der Waals surface area contributed by atoms with Gasteiger partial charge in [0.25, 0.3) is 0 Å². The summed E-state index contributed by atoms with van der Waals surface area (Å²) in [5, 5.41) is 1.18. The quantitative estimate of drug-likeness (QED) is 0.219. The van der Waals surface area contributed by atoms with Crippen LogP contribution in [0.25, 0.3) is 0 Å². The lowest BCUT2D eigenvalue weighted by molar-refractivity contribution is 0.542. The Morgan fingerprint density at radius 3 is 1.44 bits per heavy atom. The fourth-order valence-electron chi connectivity index (χ4n) is 2.26. The van der Waals surface area contributed by atoms with E-state index in [9.17, 15) is 0 Å². The van der Waals surface area contributed by atoms with Gasteiger partial charge in [-0.15, -0.1) is 0 Å². The summed E-state index contributed by atoms with van der Waals surface area (Å²) in [5.41, 5.74) is 0. The molecule has 0 aliphatic carbocycles. The SMILES string of the molecule is CCC(Br)CCCCCCCCCCCCCBr. The van der Waals surface area contributed by atoms with Gasteiger partial charge in [-0.2, -0.15) is 0 Å². The molecule has 0 aromatic carbocycles. The third-order valence-electron chi connectivity index (χ3n) is 3.59. The molecule has 0 aliphatic rings. The van der Waals surface area contributed by atoms with Crippen molar-refractivity contribution in [2.75, 3.05) is 5.33 Å². The van der Waals surface area contributed by atoms with Gasteiger partial charge in [-0.05, 0) is 19.3 Å². The van der Waals surface area contributed by atoms with Gasteiger partial charge < -0.3 is 0 Å². The van der Waals surface area contributed by atoms with Crippen molar-refractivity contribution < 1.29 is 0 Å². The first-order chi connectivity index (χ1) is 8.81. The Morgan fingerprint density at radius 1 is 0.667 bits per heavy atom. The van der Waals surface area contributed by atoms with Crippen molar-refractivity contribution in [3.63, 3.8) is 0 Å². The summed E-state index contributed by atoms with van der Waals surface area (Å²) in [6.45, 7) is 2.26. The van der Waals surface area contributed by atoms with Crippen LogP contribution in [0.4, 0.5) is 0 Å². The highest BCUT2D eigenvalue weighted by Gasteiger charge is 1.99. The smallest absolute Gasteiger partial charge is 0.0143 e. The number of halogens is 2. The van der Waals surface area contributed by atoms with E-state index in [0.29, 0.717) is 0 Å². The molecule has 18 heavy (non-hydrogen) atoms. The summed E-state index contributed by atoms with van der Waals surface area (Å²) in [6, 6.07) is 0. The zero-order valence-electron chi connectivity index (χ0n) is 12.2. The van der Waals surface area contributed by atoms with E-state index in [2.05, 4.69) is 38.8 Å². The van der Waals surface area contributed by atoms with Crippen molar-refractivity contribution in [1.29, 1.82) is 0 Å². The predicted molar refractivity (Wildman–Crippen MR) is 92.2 cm³/mol. The van der Waals surface area contributed by atoms with Crippen LogP contribution < -0.4 is 0 Å². The van der Waals surface area contributed by atoms with E-state index in [4.69, 9.17) is 0 Å². The monoisotopic (exact) mass is 382 g/mol. The maximum Gasteiger partial charge on any atom is 0.0143 e. The summed E-state index contributed by atoms with van der Waals surface area (Å²) in [4.78, 5) is 0.761. The highest BCUT2D eigenvalue weighted by Crippen LogP contribution is 2.16. The van der Waals surface area contributed by atoms with E-state index in [1.165, 1.54) is 88.8 Å². The van der Waals surface area contributed by atoms with Crippen LogP contribution in [0.3, 0.4) is 0 Å². The third-order valence-corrected chi connectivity index (χ3v) is 5.26. The van der Waals surface area contributed by atoms with Gasteiger partial charge in [-0.3, -0.25) is 0 Å². The van der Waals surface area contributed by atoms with Crippen LogP contribution >= 0.6 is 31.9 Å². The molecule has 0 nitrogen and oxygen atoms in total. The van der Waals surface area contributed by atoms with Gasteiger partial charge in [0.05, 0.1) is 0 Å². The Morgan fingerprint density at radius 2 is 1.06 bits per heavy atom. The molecule has 0 spiro atoms. The van der Waals surface area contributed by atoms with Gasteiger partial charge >= 0.3 is 0 Å². The minimum Gasteiger partial charge on any atom is -0.0928 e. The molecule has 0 aromatic rings. The number of hydrogen-bond acceptors (Lipinski definition) is 0. The Hall–Kier alpha value is 0.960. The van der Waals surface area contributed by atoms with E-state index < -0.39 is 0 Å². The molecule has 0 fully saturated rings. The molecule has 110 valence electrons. The van der Waals surface area contributed by atoms with Crippen molar-refractivity contribution in [3.8, 4) is 0 Å². The maximum absolute atomic E-state index is 3.70. The first-order valence-corrected chi connectivity index (χ1v) is 10.0. The Balaban J connectivity index is 2.94. The molecule has 0 amide bonds. The second-order valence-corrected chi connectivity index (χ2v) is 7.46. The molecule has 1 atom stereocenters. The lowest BCUT2D eigenvalue weighted by Crippen LogP contribution is -1.94. The molecule has 0 heterocycles. The van der Waals surface area contributed by atoms with Gasteiger partial charge in [0.1, 0.15) is 0 Å². The molecule has 0 bridgehead atoms. The Kier molecular flexibility index (Phi) is 16.9. The minimum atomic E-state index is 0.761. The highest BCUT2D eigenvalue weighted by atomic mass is 79.9. The van der Waals surface area contributed by atoms with E-state index in [1.54, 1.807) is 0 Å². The van der Waals surface area contributed by atoms with Gasteiger partial charge in [-0.1, -0.05) is 103 Å². The molecule has 0 saturated heterocycles. The van der Waals surface area contributed by atoms with Crippen LogP contribution in [0.15, 0.2) is 0 Å². The van der Waals surface area contributed by atoms with Crippen molar-refractivity contribution in [1.82, 2.24) is 0 Å². The summed E-state index contributed by atoms with van der Waals surface area (Å²) >= 11 is 7.19. The van der Waals surface area contributed by atoms with Crippen LogP contribution in [0.2, 0.25) is 0 Å². The molecule has 0 N–H and O–H groups in total. The fraction of sp³-hybridized carbons (Fsp3) is 1.00. The summed E-state index contributed by atoms with van der Waals surface area (Å²) < 4.78 is 0. The molecule has 0 radical (unpaired) electrons. The molecule has 0 saturated carbocycles. The number of unbranched alkanes of at least 4 members (excludes halogenated alkanes) is 10. The van der Waals surface area contributed by atoms with Crippen molar-refractivity contribution in [2.45, 2.75) is 95.2 Å². The summed E-state index contributed by atoms with van der Waals surface area (Å²) in [6.07, 6.45) is 18.4. The second-order valence-electron chi connectivity index (χ2n) is 5.37. The molecular formula is C16H32Br2. The van der Waals surface area contributed by atoms with E-state index in [0.717, 1.165) is 4.83 Å². The normalized spacial score (nSPS) is 12.8. The van der Waals surface area contributed by atoms with Gasteiger partial charge in [0.2, 0.25) is 0 Å². The maximum atomic E-state index is 3.70. The minimum absolute atomic E-state index is 0.761. The Labute approximate surface area is 132 Å². The molecule has 0 aliphatic heterocycles. The standard InChI is InChI=1S/C16H32Br2/c1-2-16(18)14-12-10-8-6-4-3-5-7-9-11-13-15-17/h16H,2-15H2,1H3. The van der Waals surface area contributed by atoms with Gasteiger partial charge in [0, 0.05) is 10.2 Å². The van der Waals surface area contributed by atoms with Gasteiger partial charge in [0.15, 0.2) is 0 Å².